The quantitative estimate of drug-likeness (QED) is 0.646. The zero-order chi connectivity index (χ0) is 19.3. The van der Waals surface area contributed by atoms with E-state index in [9.17, 15) is 24.9 Å². The summed E-state index contributed by atoms with van der Waals surface area (Å²) in [5.41, 5.74) is -2.62. The van der Waals surface area contributed by atoms with Gasteiger partial charge < -0.3 is 29.5 Å². The largest absolute Gasteiger partial charge is 0.497 e. The number of ether oxygens (including phenoxy) is 3. The highest BCUT2D eigenvalue weighted by Gasteiger charge is 2.53. The van der Waals surface area contributed by atoms with E-state index in [-0.39, 0.29) is 11.3 Å². The van der Waals surface area contributed by atoms with Crippen molar-refractivity contribution in [1.82, 2.24) is 0 Å². The van der Waals surface area contributed by atoms with E-state index in [1.165, 1.54) is 62.8 Å². The minimum atomic E-state index is -2.56. The Hall–Kier alpha value is -3.26. The molecule has 0 aromatic heterocycles. The monoisotopic (exact) mass is 362 g/mol. The Kier molecular flexibility index (Phi) is 5.68. The van der Waals surface area contributed by atoms with Crippen molar-refractivity contribution < 1.29 is 39.1 Å². The third-order valence-electron chi connectivity index (χ3n) is 3.79. The molecule has 0 aliphatic heterocycles. The molecule has 8 nitrogen and oxygen atoms in total. The Labute approximate surface area is 149 Å². The fraction of sp³-hybridized carbons (Fsp3) is 0.222. The van der Waals surface area contributed by atoms with Crippen LogP contribution in [0.4, 0.5) is 0 Å². The third-order valence-corrected chi connectivity index (χ3v) is 3.79. The van der Waals surface area contributed by atoms with Crippen LogP contribution in [-0.2, 0) is 15.2 Å². The van der Waals surface area contributed by atoms with Gasteiger partial charge in [-0.15, -0.1) is 0 Å². The van der Waals surface area contributed by atoms with E-state index in [0.717, 1.165) is 0 Å². The highest BCUT2D eigenvalue weighted by Crippen LogP contribution is 2.34. The summed E-state index contributed by atoms with van der Waals surface area (Å²) in [6.45, 7) is 0. The Bertz CT molecular complexity index is 769. The summed E-state index contributed by atoms with van der Waals surface area (Å²) in [4.78, 5) is 23.4. The minimum Gasteiger partial charge on any atom is -0.497 e. The maximum Gasteiger partial charge on any atom is 0.356 e. The number of hydrogen-bond acceptors (Lipinski definition) is 6. The van der Waals surface area contributed by atoms with Gasteiger partial charge in [0.15, 0.2) is 0 Å². The topological polar surface area (TPSA) is 123 Å². The number of benzene rings is 2. The molecule has 0 spiro atoms. The van der Waals surface area contributed by atoms with Crippen LogP contribution < -0.4 is 14.2 Å². The molecule has 0 saturated carbocycles. The van der Waals surface area contributed by atoms with Crippen LogP contribution in [0.3, 0.4) is 0 Å². The van der Waals surface area contributed by atoms with Crippen LogP contribution in [0.25, 0.3) is 0 Å². The van der Waals surface area contributed by atoms with Crippen LogP contribution in [0.5, 0.6) is 17.2 Å². The second kappa shape index (κ2) is 7.75. The smallest absolute Gasteiger partial charge is 0.356 e. The van der Waals surface area contributed by atoms with E-state index in [0.29, 0.717) is 11.5 Å². The molecule has 0 saturated heterocycles. The molecule has 3 N–H and O–H groups in total. The van der Waals surface area contributed by atoms with Crippen LogP contribution in [0, 0.1) is 0 Å². The van der Waals surface area contributed by atoms with E-state index in [4.69, 9.17) is 14.2 Å². The normalized spacial score (nSPS) is 14.0. The highest BCUT2D eigenvalue weighted by molar-refractivity contribution is 5.89. The summed E-state index contributed by atoms with van der Waals surface area (Å²) in [7, 11) is 2.89. The second-order valence-corrected chi connectivity index (χ2v) is 5.29. The van der Waals surface area contributed by atoms with Gasteiger partial charge in [0, 0.05) is 5.56 Å². The number of aliphatic hydroxyl groups is 1. The zero-order valence-electron chi connectivity index (χ0n) is 14.1. The van der Waals surface area contributed by atoms with Crippen molar-refractivity contribution >= 4 is 11.9 Å². The number of carboxylic acid groups (broad SMARTS) is 2. The van der Waals surface area contributed by atoms with Gasteiger partial charge in [-0.1, -0.05) is 12.1 Å². The van der Waals surface area contributed by atoms with Crippen molar-refractivity contribution in [2.75, 3.05) is 14.2 Å². The van der Waals surface area contributed by atoms with Gasteiger partial charge >= 0.3 is 11.9 Å². The average Bonchev–Trinajstić information content (AvgIpc) is 2.65. The number of hydrogen-bond donors (Lipinski definition) is 3. The van der Waals surface area contributed by atoms with Crippen molar-refractivity contribution in [3.05, 3.63) is 54.1 Å². The summed E-state index contributed by atoms with van der Waals surface area (Å²) in [6.07, 6.45) is -2.37. The van der Waals surface area contributed by atoms with Crippen LogP contribution in [0.1, 0.15) is 5.56 Å². The number of rotatable bonds is 8. The molecule has 0 fully saturated rings. The predicted molar refractivity (Wildman–Crippen MR) is 89.6 cm³/mol. The molecule has 2 rings (SSSR count). The van der Waals surface area contributed by atoms with Crippen LogP contribution in [-0.4, -0.2) is 47.6 Å². The van der Waals surface area contributed by atoms with E-state index >= 15 is 0 Å². The summed E-state index contributed by atoms with van der Waals surface area (Å²) >= 11 is 0. The molecule has 0 radical (unpaired) electrons. The number of aliphatic hydroxyl groups excluding tert-OH is 1. The van der Waals surface area contributed by atoms with Crippen LogP contribution in [0.15, 0.2) is 48.5 Å². The maximum atomic E-state index is 12.0. The Morgan fingerprint density at radius 2 is 1.27 bits per heavy atom. The molecule has 0 aliphatic rings. The predicted octanol–water partition coefficient (Wildman–Crippen LogP) is 1.51. The Balaban J connectivity index is 2.57. The first-order valence-corrected chi connectivity index (χ1v) is 7.47. The van der Waals surface area contributed by atoms with E-state index < -0.39 is 23.6 Å². The average molecular weight is 362 g/mol. The maximum absolute atomic E-state index is 12.0. The Morgan fingerprint density at radius 3 is 1.65 bits per heavy atom. The van der Waals surface area contributed by atoms with Crippen molar-refractivity contribution in [3.63, 3.8) is 0 Å². The molecule has 2 atom stereocenters. The molecule has 0 bridgehead atoms. The lowest BCUT2D eigenvalue weighted by molar-refractivity contribution is -0.180. The molecule has 26 heavy (non-hydrogen) atoms. The van der Waals surface area contributed by atoms with Gasteiger partial charge in [0.2, 0.25) is 6.10 Å². The summed E-state index contributed by atoms with van der Waals surface area (Å²) < 4.78 is 15.5. The fourth-order valence-corrected chi connectivity index (χ4v) is 2.40. The molecule has 2 aromatic carbocycles. The van der Waals surface area contributed by atoms with Crippen LogP contribution in [0.2, 0.25) is 0 Å². The standard InChI is InChI=1S/C18H18O8/c1-24-12-5-3-11(4-6-12)18(17(22)23,15(19)16(20)21)26-14-9-7-13(25-2)8-10-14/h3-10,15,19H,1-2H3,(H,20,21)(H,22,23)/t15-,18+/m0/s1. The fourth-order valence-electron chi connectivity index (χ4n) is 2.40. The summed E-state index contributed by atoms with van der Waals surface area (Å²) in [6, 6.07) is 11.4. The molecular formula is C18H18O8. The third kappa shape index (κ3) is 3.55. The molecule has 8 heteroatoms. The molecule has 0 unspecified atom stereocenters. The molecule has 0 heterocycles. The molecule has 138 valence electrons. The van der Waals surface area contributed by atoms with Crippen LogP contribution >= 0.6 is 0 Å². The summed E-state index contributed by atoms with van der Waals surface area (Å²) in [5.74, 6) is -2.42. The zero-order valence-corrected chi connectivity index (χ0v) is 14.1. The van der Waals surface area contributed by atoms with Gasteiger partial charge in [-0.2, -0.15) is 0 Å². The summed E-state index contributed by atoms with van der Waals surface area (Å²) in [5, 5.41) is 29.2. The molecule has 0 amide bonds. The first-order valence-electron chi connectivity index (χ1n) is 7.47. The minimum absolute atomic E-state index is 0.0457. The van der Waals surface area contributed by atoms with Crippen molar-refractivity contribution in [1.29, 1.82) is 0 Å². The van der Waals surface area contributed by atoms with E-state index in [2.05, 4.69) is 0 Å². The first-order chi connectivity index (χ1) is 12.3. The highest BCUT2D eigenvalue weighted by atomic mass is 16.5. The number of aliphatic carboxylic acids is 2. The lowest BCUT2D eigenvalue weighted by Gasteiger charge is -2.33. The van der Waals surface area contributed by atoms with Gasteiger partial charge in [-0.05, 0) is 36.4 Å². The number of carbonyl (C=O) groups is 2. The second-order valence-electron chi connectivity index (χ2n) is 5.29. The Morgan fingerprint density at radius 1 is 0.846 bits per heavy atom. The SMILES string of the molecule is COc1ccc(O[C@](C(=O)O)(c2ccc(OC)cc2)[C@@H](O)C(=O)O)cc1. The molecule has 0 aliphatic carbocycles. The van der Waals surface area contributed by atoms with Gasteiger partial charge in [-0.25, -0.2) is 9.59 Å². The van der Waals surface area contributed by atoms with Crippen molar-refractivity contribution in [2.24, 2.45) is 0 Å². The van der Waals surface area contributed by atoms with Gasteiger partial charge in [-0.3, -0.25) is 0 Å². The number of carboxylic acids is 2. The molecule has 2 aromatic rings. The van der Waals surface area contributed by atoms with Gasteiger partial charge in [0.25, 0.3) is 5.60 Å². The lowest BCUT2D eigenvalue weighted by Crippen LogP contribution is -2.54. The number of methoxy groups -OCH3 is 2. The van der Waals surface area contributed by atoms with E-state index in [1.54, 1.807) is 0 Å². The van der Waals surface area contributed by atoms with Crippen molar-refractivity contribution in [3.8, 4) is 17.2 Å². The van der Waals surface area contributed by atoms with Gasteiger partial charge in [0.05, 0.1) is 14.2 Å². The van der Waals surface area contributed by atoms with Gasteiger partial charge in [0.1, 0.15) is 17.2 Å². The molecular weight excluding hydrogens is 344 g/mol. The first kappa shape index (κ1) is 19.1. The van der Waals surface area contributed by atoms with Crippen molar-refractivity contribution in [2.45, 2.75) is 11.7 Å². The lowest BCUT2D eigenvalue weighted by atomic mass is 9.87. The van der Waals surface area contributed by atoms with E-state index in [1.807, 2.05) is 0 Å².